The molecule has 0 radical (unpaired) electrons. The van der Waals surface area contributed by atoms with Gasteiger partial charge in [-0.15, -0.1) is 5.06 Å². The van der Waals surface area contributed by atoms with E-state index in [2.05, 4.69) is 6.08 Å². The Morgan fingerprint density at radius 3 is 2.57 bits per heavy atom. The minimum absolute atomic E-state index is 0.497. The Bertz CT molecular complexity index is 230. The fourth-order valence-corrected chi connectivity index (χ4v) is 1.08. The molecule has 80 valence electrons. The van der Waals surface area contributed by atoms with E-state index >= 15 is 0 Å². The van der Waals surface area contributed by atoms with Crippen LogP contribution < -0.4 is 0 Å². The third-order valence-electron chi connectivity index (χ3n) is 1.61. The zero-order valence-electron chi connectivity index (χ0n) is 8.95. The van der Waals surface area contributed by atoms with Gasteiger partial charge < -0.3 is 9.57 Å². The van der Waals surface area contributed by atoms with Gasteiger partial charge in [-0.2, -0.15) is 0 Å². The highest BCUT2D eigenvalue weighted by molar-refractivity contribution is 5.60. The number of hydroxylamine groups is 2. The molecule has 1 rings (SSSR count). The molecule has 4 heteroatoms. The highest BCUT2D eigenvalue weighted by atomic mass is 16.8. The van der Waals surface area contributed by atoms with Crippen molar-refractivity contribution in [1.29, 1.82) is 0 Å². The summed E-state index contributed by atoms with van der Waals surface area (Å²) in [4.78, 5) is 16.2. The summed E-state index contributed by atoms with van der Waals surface area (Å²) in [7, 11) is 0. The summed E-state index contributed by atoms with van der Waals surface area (Å²) in [6, 6.07) is 0. The molecule has 0 aromatic carbocycles. The van der Waals surface area contributed by atoms with Crippen LogP contribution in [0, 0.1) is 0 Å². The van der Waals surface area contributed by atoms with Gasteiger partial charge in [-0.05, 0) is 27.2 Å². The standard InChI is InChI=1S/C10H17NO3/c1-10(2,3)13-9(12)14-11-7-5-4-6-8-11/h4-5H,6-8H2,1-3H3. The molecule has 1 aliphatic heterocycles. The Morgan fingerprint density at radius 2 is 2.07 bits per heavy atom. The van der Waals surface area contributed by atoms with Gasteiger partial charge >= 0.3 is 6.16 Å². The Balaban J connectivity index is 2.30. The van der Waals surface area contributed by atoms with E-state index in [1.807, 2.05) is 26.8 Å². The van der Waals surface area contributed by atoms with Gasteiger partial charge in [0.25, 0.3) is 0 Å². The summed E-state index contributed by atoms with van der Waals surface area (Å²) < 4.78 is 5.01. The molecule has 1 heterocycles. The van der Waals surface area contributed by atoms with Gasteiger partial charge in [0.15, 0.2) is 0 Å². The van der Waals surface area contributed by atoms with Crippen LogP contribution in [0.3, 0.4) is 0 Å². The number of hydrogen-bond acceptors (Lipinski definition) is 4. The van der Waals surface area contributed by atoms with E-state index in [1.54, 1.807) is 5.06 Å². The number of rotatable bonds is 1. The van der Waals surface area contributed by atoms with Gasteiger partial charge in [0, 0.05) is 6.54 Å². The summed E-state index contributed by atoms with van der Waals surface area (Å²) in [5.74, 6) is 0. The van der Waals surface area contributed by atoms with Crippen LogP contribution in [-0.4, -0.2) is 29.9 Å². The molecular formula is C10H17NO3. The first kappa shape index (κ1) is 11.0. The van der Waals surface area contributed by atoms with Crippen molar-refractivity contribution in [2.75, 3.05) is 13.1 Å². The van der Waals surface area contributed by atoms with E-state index < -0.39 is 11.8 Å². The number of carbonyl (C=O) groups is 1. The van der Waals surface area contributed by atoms with E-state index in [1.165, 1.54) is 0 Å². The number of hydrogen-bond donors (Lipinski definition) is 0. The van der Waals surface area contributed by atoms with E-state index in [-0.39, 0.29) is 0 Å². The van der Waals surface area contributed by atoms with Crippen LogP contribution in [0.15, 0.2) is 12.2 Å². The second kappa shape index (κ2) is 4.46. The number of ether oxygens (including phenoxy) is 1. The van der Waals surface area contributed by atoms with Gasteiger partial charge in [0.05, 0.1) is 6.54 Å². The maximum Gasteiger partial charge on any atom is 0.528 e. The predicted molar refractivity (Wildman–Crippen MR) is 52.6 cm³/mol. The average Bonchev–Trinajstić information content (AvgIpc) is 2.02. The van der Waals surface area contributed by atoms with Crippen molar-refractivity contribution in [1.82, 2.24) is 5.06 Å². The van der Waals surface area contributed by atoms with Gasteiger partial charge in [0.1, 0.15) is 5.60 Å². The fraction of sp³-hybridized carbons (Fsp3) is 0.700. The van der Waals surface area contributed by atoms with Crippen molar-refractivity contribution in [3.63, 3.8) is 0 Å². The monoisotopic (exact) mass is 199 g/mol. The number of carbonyl (C=O) groups excluding carboxylic acids is 1. The quantitative estimate of drug-likeness (QED) is 0.479. The van der Waals surface area contributed by atoms with Crippen LogP contribution in [0.5, 0.6) is 0 Å². The number of nitrogens with zero attached hydrogens (tertiary/aromatic N) is 1. The van der Waals surface area contributed by atoms with Gasteiger partial charge in [-0.1, -0.05) is 12.2 Å². The fourth-order valence-electron chi connectivity index (χ4n) is 1.08. The van der Waals surface area contributed by atoms with E-state index in [0.717, 1.165) is 13.0 Å². The molecule has 0 saturated carbocycles. The topological polar surface area (TPSA) is 38.8 Å². The highest BCUT2D eigenvalue weighted by Crippen LogP contribution is 2.10. The molecule has 0 atom stereocenters. The maximum absolute atomic E-state index is 11.2. The smallest absolute Gasteiger partial charge is 0.427 e. The molecule has 0 unspecified atom stereocenters. The van der Waals surface area contributed by atoms with Crippen LogP contribution in [0.1, 0.15) is 27.2 Å². The predicted octanol–water partition coefficient (Wildman–Crippen LogP) is 2.12. The highest BCUT2D eigenvalue weighted by Gasteiger charge is 2.20. The first-order valence-electron chi connectivity index (χ1n) is 4.78. The lowest BCUT2D eigenvalue weighted by Gasteiger charge is -2.24. The minimum Gasteiger partial charge on any atom is -0.427 e. The first-order valence-corrected chi connectivity index (χ1v) is 4.78. The Kier molecular flexibility index (Phi) is 3.52. The zero-order chi connectivity index (χ0) is 10.6. The Morgan fingerprint density at radius 1 is 1.36 bits per heavy atom. The second-order valence-electron chi connectivity index (χ2n) is 4.20. The average molecular weight is 199 g/mol. The van der Waals surface area contributed by atoms with Gasteiger partial charge in [0.2, 0.25) is 0 Å². The molecule has 4 nitrogen and oxygen atoms in total. The molecule has 0 aliphatic carbocycles. The normalized spacial score (nSPS) is 17.9. The minimum atomic E-state index is -0.632. The molecule has 1 aliphatic rings. The summed E-state index contributed by atoms with van der Waals surface area (Å²) >= 11 is 0. The van der Waals surface area contributed by atoms with E-state index in [0.29, 0.717) is 6.54 Å². The molecule has 0 N–H and O–H groups in total. The zero-order valence-corrected chi connectivity index (χ0v) is 8.95. The van der Waals surface area contributed by atoms with Gasteiger partial charge in [-0.25, -0.2) is 4.79 Å². The van der Waals surface area contributed by atoms with Crippen molar-refractivity contribution in [2.45, 2.75) is 32.8 Å². The van der Waals surface area contributed by atoms with Gasteiger partial charge in [-0.3, -0.25) is 0 Å². The van der Waals surface area contributed by atoms with E-state index in [9.17, 15) is 4.79 Å². The maximum atomic E-state index is 11.2. The third kappa shape index (κ3) is 4.28. The molecule has 0 amide bonds. The lowest BCUT2D eigenvalue weighted by atomic mass is 10.2. The summed E-state index contributed by atoms with van der Waals surface area (Å²) in [6.07, 6.45) is 4.30. The molecular weight excluding hydrogens is 182 g/mol. The largest absolute Gasteiger partial charge is 0.528 e. The molecule has 0 aromatic heterocycles. The van der Waals surface area contributed by atoms with Crippen molar-refractivity contribution in [3.05, 3.63) is 12.2 Å². The van der Waals surface area contributed by atoms with Crippen molar-refractivity contribution in [2.24, 2.45) is 0 Å². The van der Waals surface area contributed by atoms with Crippen molar-refractivity contribution in [3.8, 4) is 0 Å². The summed E-state index contributed by atoms with van der Waals surface area (Å²) in [6.45, 7) is 6.80. The molecule has 0 saturated heterocycles. The SMILES string of the molecule is CC(C)(C)OC(=O)ON1CC=CCC1. The van der Waals surface area contributed by atoms with Crippen LogP contribution in [0.2, 0.25) is 0 Å². The Hall–Kier alpha value is -1.03. The third-order valence-corrected chi connectivity index (χ3v) is 1.61. The molecule has 0 bridgehead atoms. The van der Waals surface area contributed by atoms with Crippen LogP contribution in [-0.2, 0) is 9.57 Å². The first-order chi connectivity index (χ1) is 6.47. The van der Waals surface area contributed by atoms with Crippen LogP contribution in [0.25, 0.3) is 0 Å². The molecule has 0 aromatic rings. The Labute approximate surface area is 84.4 Å². The molecule has 0 spiro atoms. The summed E-state index contributed by atoms with van der Waals surface area (Å²) in [5, 5.41) is 1.59. The van der Waals surface area contributed by atoms with Crippen LogP contribution in [0.4, 0.5) is 4.79 Å². The lowest BCUT2D eigenvalue weighted by molar-refractivity contribution is -0.137. The molecule has 14 heavy (non-hydrogen) atoms. The summed E-state index contributed by atoms with van der Waals surface area (Å²) in [5.41, 5.74) is -0.497. The lowest BCUT2D eigenvalue weighted by Crippen LogP contribution is -2.33. The van der Waals surface area contributed by atoms with Crippen LogP contribution >= 0.6 is 0 Å². The van der Waals surface area contributed by atoms with E-state index in [4.69, 9.17) is 9.57 Å². The molecule has 0 fully saturated rings. The van der Waals surface area contributed by atoms with Crippen molar-refractivity contribution >= 4 is 6.16 Å². The second-order valence-corrected chi connectivity index (χ2v) is 4.20. The van der Waals surface area contributed by atoms with Crippen molar-refractivity contribution < 1.29 is 14.4 Å².